The smallest absolute Gasteiger partial charge is 0.414 e. The van der Waals surface area contributed by atoms with Gasteiger partial charge in [-0.15, -0.1) is 5.10 Å². The molecule has 10 heteroatoms. The lowest BCUT2D eigenvalue weighted by Gasteiger charge is -2.15. The zero-order chi connectivity index (χ0) is 23.0. The topological polar surface area (TPSA) is 98.6 Å². The first kappa shape index (κ1) is 21.5. The molecule has 0 unspecified atom stereocenters. The van der Waals surface area contributed by atoms with Crippen molar-refractivity contribution in [2.75, 3.05) is 30.5 Å². The third kappa shape index (κ3) is 3.83. The van der Waals surface area contributed by atoms with Gasteiger partial charge < -0.3 is 14.8 Å². The van der Waals surface area contributed by atoms with Gasteiger partial charge in [0, 0.05) is 24.8 Å². The Hall–Kier alpha value is -3.69. The summed E-state index contributed by atoms with van der Waals surface area (Å²) in [6, 6.07) is 4.13. The van der Waals surface area contributed by atoms with Crippen molar-refractivity contribution >= 4 is 34.4 Å². The van der Waals surface area contributed by atoms with Crippen LogP contribution in [-0.2, 0) is 23.0 Å². The van der Waals surface area contributed by atoms with Gasteiger partial charge in [0.05, 0.1) is 24.7 Å². The Balaban J connectivity index is 1.51. The van der Waals surface area contributed by atoms with E-state index in [0.29, 0.717) is 30.2 Å². The highest BCUT2D eigenvalue weighted by Crippen LogP contribution is 2.31. The zero-order valence-electron chi connectivity index (χ0n) is 18.4. The fourth-order valence-electron chi connectivity index (χ4n) is 3.96. The molecule has 1 saturated heterocycles. The SMILES string of the molecule is COc1nn(C)c2nc(C)c(CCC(=O)Nc3cc(N4CCOC4=O)ccc3F)c(C)c12. The van der Waals surface area contributed by atoms with E-state index >= 15 is 0 Å². The van der Waals surface area contributed by atoms with Crippen LogP contribution in [0.15, 0.2) is 18.2 Å². The second kappa shape index (κ2) is 8.45. The number of cyclic esters (lactones) is 1. The molecule has 9 nitrogen and oxygen atoms in total. The van der Waals surface area contributed by atoms with Gasteiger partial charge in [-0.3, -0.25) is 9.69 Å². The number of hydrogen-bond donors (Lipinski definition) is 1. The van der Waals surface area contributed by atoms with Crippen LogP contribution in [0.5, 0.6) is 5.88 Å². The number of aromatic nitrogens is 3. The van der Waals surface area contributed by atoms with Gasteiger partial charge in [0.2, 0.25) is 11.8 Å². The average Bonchev–Trinajstić information content (AvgIpc) is 3.32. The van der Waals surface area contributed by atoms with E-state index in [1.165, 1.54) is 23.1 Å². The molecule has 3 heterocycles. The molecule has 1 aliphatic heterocycles. The first-order chi connectivity index (χ1) is 15.3. The molecule has 2 amide bonds. The van der Waals surface area contributed by atoms with Crippen molar-refractivity contribution in [3.63, 3.8) is 0 Å². The number of benzene rings is 1. The number of halogens is 1. The standard InChI is InChI=1S/C22H24FN5O4/c1-12-15(13(2)24-20-19(12)21(31-4)26-27(20)3)6-8-18(29)25-17-11-14(5-7-16(17)23)28-9-10-32-22(28)30/h5,7,11H,6,8-10H2,1-4H3,(H,25,29). The first-order valence-corrected chi connectivity index (χ1v) is 10.2. The summed E-state index contributed by atoms with van der Waals surface area (Å²) in [5.74, 6) is -0.440. The summed E-state index contributed by atoms with van der Waals surface area (Å²) in [5.41, 5.74) is 3.87. The van der Waals surface area contributed by atoms with Crippen molar-refractivity contribution in [2.45, 2.75) is 26.7 Å². The molecule has 32 heavy (non-hydrogen) atoms. The number of anilines is 2. The molecule has 0 radical (unpaired) electrons. The van der Waals surface area contributed by atoms with Gasteiger partial charge in [-0.05, 0) is 49.6 Å². The molecule has 0 saturated carbocycles. The Morgan fingerprint density at radius 3 is 2.81 bits per heavy atom. The van der Waals surface area contributed by atoms with Crippen molar-refractivity contribution in [3.05, 3.63) is 40.8 Å². The van der Waals surface area contributed by atoms with Crippen molar-refractivity contribution in [1.29, 1.82) is 0 Å². The molecule has 0 atom stereocenters. The van der Waals surface area contributed by atoms with Gasteiger partial charge >= 0.3 is 6.09 Å². The molecular formula is C22H24FN5O4. The lowest BCUT2D eigenvalue weighted by atomic mass is 10.00. The third-order valence-corrected chi connectivity index (χ3v) is 5.61. The van der Waals surface area contributed by atoms with Crippen molar-refractivity contribution in [2.24, 2.45) is 7.05 Å². The highest BCUT2D eigenvalue weighted by molar-refractivity contribution is 5.94. The fourth-order valence-corrected chi connectivity index (χ4v) is 3.96. The van der Waals surface area contributed by atoms with Crippen LogP contribution in [-0.4, -0.2) is 47.0 Å². The Kier molecular flexibility index (Phi) is 5.68. The Bertz CT molecular complexity index is 1220. The Morgan fingerprint density at radius 1 is 1.34 bits per heavy atom. The molecule has 4 rings (SSSR count). The van der Waals surface area contributed by atoms with Crippen LogP contribution in [0.3, 0.4) is 0 Å². The second-order valence-corrected chi connectivity index (χ2v) is 7.61. The fraction of sp³-hybridized carbons (Fsp3) is 0.364. The lowest BCUT2D eigenvalue weighted by Crippen LogP contribution is -2.23. The van der Waals surface area contributed by atoms with E-state index < -0.39 is 11.9 Å². The highest BCUT2D eigenvalue weighted by atomic mass is 19.1. The molecule has 1 N–H and O–H groups in total. The van der Waals surface area contributed by atoms with Crippen molar-refractivity contribution in [1.82, 2.24) is 14.8 Å². The number of nitrogens with zero attached hydrogens (tertiary/aromatic N) is 4. The van der Waals surface area contributed by atoms with Gasteiger partial charge in [-0.25, -0.2) is 18.9 Å². The molecule has 0 aliphatic carbocycles. The van der Waals surface area contributed by atoms with E-state index in [-0.39, 0.29) is 24.6 Å². The summed E-state index contributed by atoms with van der Waals surface area (Å²) in [6.07, 6.45) is 0.0606. The lowest BCUT2D eigenvalue weighted by molar-refractivity contribution is -0.116. The first-order valence-electron chi connectivity index (χ1n) is 10.2. The molecular weight excluding hydrogens is 417 g/mol. The summed E-state index contributed by atoms with van der Waals surface area (Å²) < 4.78 is 26.2. The number of amides is 2. The zero-order valence-corrected chi connectivity index (χ0v) is 18.4. The quantitative estimate of drug-likeness (QED) is 0.631. The van der Waals surface area contributed by atoms with E-state index in [4.69, 9.17) is 9.47 Å². The summed E-state index contributed by atoms with van der Waals surface area (Å²) in [6.45, 7) is 4.49. The molecule has 3 aromatic rings. The number of methoxy groups -OCH3 is 1. The molecule has 1 aromatic carbocycles. The number of aryl methyl sites for hydroxylation is 3. The number of carbonyl (C=O) groups excluding carboxylic acids is 2. The number of ether oxygens (including phenoxy) is 2. The average molecular weight is 441 g/mol. The summed E-state index contributed by atoms with van der Waals surface area (Å²) in [5, 5.41) is 7.75. The van der Waals surface area contributed by atoms with Crippen LogP contribution in [0.2, 0.25) is 0 Å². The van der Waals surface area contributed by atoms with Gasteiger partial charge in [-0.1, -0.05) is 0 Å². The van der Waals surface area contributed by atoms with Crippen molar-refractivity contribution in [3.8, 4) is 5.88 Å². The third-order valence-electron chi connectivity index (χ3n) is 5.61. The number of fused-ring (bicyclic) bond motifs is 1. The molecule has 168 valence electrons. The van der Waals surface area contributed by atoms with E-state index in [2.05, 4.69) is 15.4 Å². The van der Waals surface area contributed by atoms with Gasteiger partial charge in [0.15, 0.2) is 5.65 Å². The van der Waals surface area contributed by atoms with Gasteiger partial charge in [0.25, 0.3) is 0 Å². The largest absolute Gasteiger partial charge is 0.479 e. The minimum absolute atomic E-state index is 0.0168. The monoisotopic (exact) mass is 441 g/mol. The van der Waals surface area contributed by atoms with Crippen LogP contribution in [0.1, 0.15) is 23.2 Å². The van der Waals surface area contributed by atoms with Gasteiger partial charge in [-0.2, -0.15) is 0 Å². The van der Waals surface area contributed by atoms with E-state index in [9.17, 15) is 14.0 Å². The predicted molar refractivity (Wildman–Crippen MR) is 117 cm³/mol. The van der Waals surface area contributed by atoms with Gasteiger partial charge in [0.1, 0.15) is 12.4 Å². The molecule has 2 aromatic heterocycles. The summed E-state index contributed by atoms with van der Waals surface area (Å²) in [4.78, 5) is 30.4. The van der Waals surface area contributed by atoms with E-state index in [1.54, 1.807) is 18.8 Å². The number of nitrogens with one attached hydrogen (secondary N) is 1. The number of rotatable bonds is 6. The molecule has 1 fully saturated rings. The maximum atomic E-state index is 14.3. The molecule has 1 aliphatic rings. The highest BCUT2D eigenvalue weighted by Gasteiger charge is 2.24. The molecule has 0 spiro atoms. The Labute approximate surface area is 184 Å². The number of hydrogen-bond acceptors (Lipinski definition) is 6. The molecule has 0 bridgehead atoms. The summed E-state index contributed by atoms with van der Waals surface area (Å²) >= 11 is 0. The normalized spacial score (nSPS) is 13.5. The van der Waals surface area contributed by atoms with E-state index in [1.807, 2.05) is 13.8 Å². The van der Waals surface area contributed by atoms with Crippen LogP contribution >= 0.6 is 0 Å². The maximum absolute atomic E-state index is 14.3. The second-order valence-electron chi connectivity index (χ2n) is 7.61. The Morgan fingerprint density at radius 2 is 2.12 bits per heavy atom. The predicted octanol–water partition coefficient (Wildman–Crippen LogP) is 3.26. The minimum Gasteiger partial charge on any atom is -0.479 e. The van der Waals surface area contributed by atoms with Crippen molar-refractivity contribution < 1.29 is 23.5 Å². The maximum Gasteiger partial charge on any atom is 0.414 e. The minimum atomic E-state index is -0.579. The van der Waals surface area contributed by atoms with Crippen LogP contribution < -0.4 is 15.0 Å². The van der Waals surface area contributed by atoms with Crippen LogP contribution in [0.4, 0.5) is 20.6 Å². The number of pyridine rings is 1. The van der Waals surface area contributed by atoms with Crippen LogP contribution in [0.25, 0.3) is 11.0 Å². The number of carbonyl (C=O) groups is 2. The van der Waals surface area contributed by atoms with Crippen LogP contribution in [0, 0.1) is 19.7 Å². The summed E-state index contributed by atoms with van der Waals surface area (Å²) in [7, 11) is 3.35. The van der Waals surface area contributed by atoms with E-state index in [0.717, 1.165) is 22.2 Å².